The van der Waals surface area contributed by atoms with Gasteiger partial charge in [-0.15, -0.1) is 0 Å². The molecule has 4 aromatic rings. The molecule has 3 aromatic carbocycles. The van der Waals surface area contributed by atoms with Crippen molar-refractivity contribution in [1.82, 2.24) is 4.57 Å². The summed E-state index contributed by atoms with van der Waals surface area (Å²) in [6.07, 6.45) is 1.79. The number of nitrogens with zero attached hydrogens (tertiary/aromatic N) is 2. The van der Waals surface area contributed by atoms with Crippen LogP contribution in [0.5, 0.6) is 5.75 Å². The van der Waals surface area contributed by atoms with Gasteiger partial charge in [-0.2, -0.15) is 0 Å². The molecule has 0 saturated heterocycles. The molecule has 0 radical (unpaired) electrons. The van der Waals surface area contributed by atoms with E-state index in [1.54, 1.807) is 51.1 Å². The van der Waals surface area contributed by atoms with Crippen molar-refractivity contribution in [2.24, 2.45) is 4.99 Å². The molecular formula is C33H27FI2N2O6S. The van der Waals surface area contributed by atoms with Crippen LogP contribution in [0.15, 0.2) is 81.7 Å². The van der Waals surface area contributed by atoms with Crippen LogP contribution >= 0.6 is 56.5 Å². The number of rotatable bonds is 9. The Balaban J connectivity index is 1.46. The van der Waals surface area contributed by atoms with Gasteiger partial charge < -0.3 is 14.2 Å². The number of allylic oxidation sites excluding steroid dienone is 1. The van der Waals surface area contributed by atoms with E-state index in [-0.39, 0.29) is 23.7 Å². The molecule has 0 unspecified atom stereocenters. The van der Waals surface area contributed by atoms with Crippen LogP contribution in [0, 0.1) is 13.0 Å². The molecule has 1 aromatic heterocycles. The number of hydrogen-bond acceptors (Lipinski definition) is 8. The topological polar surface area (TPSA) is 96.2 Å². The number of ether oxygens (including phenoxy) is 3. The molecule has 0 aliphatic carbocycles. The maximum atomic E-state index is 13.9. The minimum absolute atomic E-state index is 0.162. The van der Waals surface area contributed by atoms with Crippen LogP contribution in [0.4, 0.5) is 4.39 Å². The summed E-state index contributed by atoms with van der Waals surface area (Å²) in [5, 5.41) is 0. The van der Waals surface area contributed by atoms with Gasteiger partial charge in [-0.3, -0.25) is 9.36 Å². The van der Waals surface area contributed by atoms with Crippen LogP contribution in [0.3, 0.4) is 0 Å². The summed E-state index contributed by atoms with van der Waals surface area (Å²) in [5.74, 6) is -0.655. The van der Waals surface area contributed by atoms with Gasteiger partial charge in [0.25, 0.3) is 5.56 Å². The Kier molecular flexibility index (Phi) is 10.5. The lowest BCUT2D eigenvalue weighted by Gasteiger charge is -2.24. The minimum atomic E-state index is -0.814. The van der Waals surface area contributed by atoms with Crippen LogP contribution in [0.25, 0.3) is 6.08 Å². The average molecular weight is 852 g/mol. The molecule has 1 aliphatic heterocycles. The molecule has 2 heterocycles. The second kappa shape index (κ2) is 14.4. The lowest BCUT2D eigenvalue weighted by Crippen LogP contribution is -2.39. The molecule has 0 spiro atoms. The summed E-state index contributed by atoms with van der Waals surface area (Å²) in [6.45, 7) is 5.96. The van der Waals surface area contributed by atoms with Gasteiger partial charge in [0.15, 0.2) is 4.80 Å². The summed E-state index contributed by atoms with van der Waals surface area (Å²) >= 11 is 5.62. The molecule has 232 valence electrons. The van der Waals surface area contributed by atoms with Gasteiger partial charge in [-0.05, 0) is 125 Å². The molecule has 0 fully saturated rings. The second-order valence-corrected chi connectivity index (χ2v) is 13.2. The van der Waals surface area contributed by atoms with Gasteiger partial charge in [0, 0.05) is 0 Å². The third kappa shape index (κ3) is 7.22. The Morgan fingerprint density at radius 1 is 0.978 bits per heavy atom. The highest BCUT2D eigenvalue weighted by molar-refractivity contribution is 14.1. The zero-order chi connectivity index (χ0) is 32.2. The summed E-state index contributed by atoms with van der Waals surface area (Å²) in [5.41, 5.74) is 3.10. The van der Waals surface area contributed by atoms with E-state index in [0.29, 0.717) is 45.1 Å². The fourth-order valence-corrected chi connectivity index (χ4v) is 7.99. The Labute approximate surface area is 289 Å². The summed E-state index contributed by atoms with van der Waals surface area (Å²) in [6, 6.07) is 15.8. The average Bonchev–Trinajstić information content (AvgIpc) is 3.30. The number of benzene rings is 3. The quantitative estimate of drug-likeness (QED) is 0.154. The molecule has 0 bridgehead atoms. The van der Waals surface area contributed by atoms with E-state index < -0.39 is 17.8 Å². The predicted octanol–water partition coefficient (Wildman–Crippen LogP) is 5.90. The molecule has 12 heteroatoms. The number of halogens is 3. The number of fused-ring (bicyclic) bond motifs is 1. The van der Waals surface area contributed by atoms with Crippen molar-refractivity contribution in [3.05, 3.63) is 127 Å². The summed E-state index contributed by atoms with van der Waals surface area (Å²) in [7, 11) is 0. The van der Waals surface area contributed by atoms with Crippen LogP contribution in [0.1, 0.15) is 53.9 Å². The number of thiazole rings is 1. The van der Waals surface area contributed by atoms with Crippen LogP contribution in [-0.4, -0.2) is 29.7 Å². The molecule has 0 amide bonds. The molecule has 1 atom stereocenters. The highest BCUT2D eigenvalue weighted by Crippen LogP contribution is 2.32. The van der Waals surface area contributed by atoms with Gasteiger partial charge in [-0.25, -0.2) is 19.0 Å². The lowest BCUT2D eigenvalue weighted by atomic mass is 9.96. The fourth-order valence-electron chi connectivity index (χ4n) is 4.81. The van der Waals surface area contributed by atoms with E-state index in [4.69, 9.17) is 14.2 Å². The highest BCUT2D eigenvalue weighted by Gasteiger charge is 2.33. The van der Waals surface area contributed by atoms with Crippen molar-refractivity contribution in [3.8, 4) is 5.75 Å². The van der Waals surface area contributed by atoms with E-state index in [1.807, 2.05) is 24.3 Å². The Morgan fingerprint density at radius 3 is 2.22 bits per heavy atom. The standard InChI is InChI=1S/C33H27FI2N2O6S/c1-4-42-31(40)22-8-6-19(7-9-22)17-44-29-24(35)14-20(15-25(29)36)16-26-30(39)38-28(21-10-12-23(34)13-11-21)27(32(41)43-5-2)18(3)37-33(38)45-26/h6-16,28H,4-5,17H2,1-3H3/b26-16-/t28-/m0/s1. The molecular weight excluding hydrogens is 825 g/mol. The first-order chi connectivity index (χ1) is 21.6. The van der Waals surface area contributed by atoms with Crippen molar-refractivity contribution < 1.29 is 28.2 Å². The zero-order valence-corrected chi connectivity index (χ0v) is 29.6. The Bertz CT molecular complexity index is 1960. The Hall–Kier alpha value is -3.37. The van der Waals surface area contributed by atoms with Crippen LogP contribution < -0.4 is 19.6 Å². The number of esters is 2. The zero-order valence-electron chi connectivity index (χ0n) is 24.4. The number of carbonyl (C=O) groups is 2. The van der Waals surface area contributed by atoms with Crippen LogP contribution in [-0.2, 0) is 20.9 Å². The van der Waals surface area contributed by atoms with E-state index >= 15 is 0 Å². The SMILES string of the molecule is CCOC(=O)C1=C(C)N=c2s/c(=C\c3cc(I)c(OCc4ccc(C(=O)OCC)cc4)c(I)c3)c(=O)n2[C@H]1c1ccc(F)cc1. The maximum Gasteiger partial charge on any atom is 0.338 e. The molecule has 5 rings (SSSR count). The van der Waals surface area contributed by atoms with Crippen molar-refractivity contribution >= 4 is 74.5 Å². The third-order valence-electron chi connectivity index (χ3n) is 6.87. The fraction of sp³-hybridized carbons (Fsp3) is 0.212. The molecule has 0 N–H and O–H groups in total. The monoisotopic (exact) mass is 852 g/mol. The normalized spacial score (nSPS) is 14.5. The van der Waals surface area contributed by atoms with Gasteiger partial charge in [0.05, 0.1) is 47.8 Å². The lowest BCUT2D eigenvalue weighted by molar-refractivity contribution is -0.139. The van der Waals surface area contributed by atoms with Crippen molar-refractivity contribution in [3.63, 3.8) is 0 Å². The van der Waals surface area contributed by atoms with Crippen molar-refractivity contribution in [2.45, 2.75) is 33.4 Å². The highest BCUT2D eigenvalue weighted by atomic mass is 127. The molecule has 1 aliphatic rings. The van der Waals surface area contributed by atoms with E-state index in [9.17, 15) is 18.8 Å². The largest absolute Gasteiger partial charge is 0.487 e. The first kappa shape index (κ1) is 33.0. The van der Waals surface area contributed by atoms with Crippen molar-refractivity contribution in [2.75, 3.05) is 13.2 Å². The molecule has 45 heavy (non-hydrogen) atoms. The molecule has 0 saturated carbocycles. The third-order valence-corrected chi connectivity index (χ3v) is 9.45. The second-order valence-electron chi connectivity index (χ2n) is 9.87. The molecule has 8 nitrogen and oxygen atoms in total. The van der Waals surface area contributed by atoms with E-state index in [1.165, 1.54) is 28.0 Å². The van der Waals surface area contributed by atoms with Gasteiger partial charge in [0.2, 0.25) is 0 Å². The summed E-state index contributed by atoms with van der Waals surface area (Å²) in [4.78, 5) is 43.9. The Morgan fingerprint density at radius 2 is 1.60 bits per heavy atom. The van der Waals surface area contributed by atoms with Gasteiger partial charge in [0.1, 0.15) is 18.2 Å². The van der Waals surface area contributed by atoms with E-state index in [2.05, 4.69) is 50.2 Å². The first-order valence-electron chi connectivity index (χ1n) is 13.9. The number of hydrogen-bond donors (Lipinski definition) is 0. The van der Waals surface area contributed by atoms with E-state index in [0.717, 1.165) is 18.3 Å². The number of aromatic nitrogens is 1. The smallest absolute Gasteiger partial charge is 0.338 e. The first-order valence-corrected chi connectivity index (χ1v) is 16.9. The number of carbonyl (C=O) groups excluding carboxylic acids is 2. The maximum absolute atomic E-state index is 13.9. The minimum Gasteiger partial charge on any atom is -0.487 e. The predicted molar refractivity (Wildman–Crippen MR) is 185 cm³/mol. The van der Waals surface area contributed by atoms with Gasteiger partial charge >= 0.3 is 11.9 Å². The summed E-state index contributed by atoms with van der Waals surface area (Å²) < 4.78 is 33.9. The van der Waals surface area contributed by atoms with Crippen molar-refractivity contribution in [1.29, 1.82) is 0 Å². The van der Waals surface area contributed by atoms with Gasteiger partial charge in [-0.1, -0.05) is 35.6 Å². The van der Waals surface area contributed by atoms with Crippen LogP contribution in [0.2, 0.25) is 0 Å².